The van der Waals surface area contributed by atoms with Crippen LogP contribution in [0.25, 0.3) is 0 Å². The Labute approximate surface area is 107 Å². The van der Waals surface area contributed by atoms with Gasteiger partial charge in [0.2, 0.25) is 0 Å². The number of hydrogen-bond acceptors (Lipinski definition) is 3. The average Bonchev–Trinajstić information content (AvgIpc) is 2.35. The van der Waals surface area contributed by atoms with Gasteiger partial charge in [-0.15, -0.1) is 0 Å². The van der Waals surface area contributed by atoms with Crippen LogP contribution in [-0.2, 0) is 16.1 Å². The normalized spacial score (nSPS) is 14.1. The molecule has 94 valence electrons. The Bertz CT molecular complexity index is 364. The highest BCUT2D eigenvalue weighted by Gasteiger charge is 2.20. The van der Waals surface area contributed by atoms with Crippen LogP contribution in [0, 0.1) is 5.92 Å². The molecule has 1 aromatic carbocycles. The van der Waals surface area contributed by atoms with Gasteiger partial charge in [0, 0.05) is 5.02 Å². The number of rotatable bonds is 5. The van der Waals surface area contributed by atoms with Gasteiger partial charge in [-0.25, -0.2) is 0 Å². The van der Waals surface area contributed by atoms with Crippen molar-refractivity contribution in [1.29, 1.82) is 0 Å². The molecule has 0 aliphatic carbocycles. The molecule has 17 heavy (non-hydrogen) atoms. The van der Waals surface area contributed by atoms with Crippen LogP contribution in [0.2, 0.25) is 5.02 Å². The topological polar surface area (TPSA) is 52.3 Å². The van der Waals surface area contributed by atoms with E-state index < -0.39 is 6.04 Å². The van der Waals surface area contributed by atoms with Crippen LogP contribution < -0.4 is 5.73 Å². The summed E-state index contributed by atoms with van der Waals surface area (Å²) < 4.78 is 5.15. The molecular formula is C13H18ClNO2. The number of esters is 1. The first-order chi connectivity index (χ1) is 8.04. The lowest BCUT2D eigenvalue weighted by Gasteiger charge is -2.16. The van der Waals surface area contributed by atoms with E-state index in [4.69, 9.17) is 22.1 Å². The zero-order valence-electron chi connectivity index (χ0n) is 10.2. The predicted molar refractivity (Wildman–Crippen MR) is 68.7 cm³/mol. The van der Waals surface area contributed by atoms with Gasteiger partial charge in [0.05, 0.1) is 0 Å². The van der Waals surface area contributed by atoms with Crippen molar-refractivity contribution < 1.29 is 9.53 Å². The summed E-state index contributed by atoms with van der Waals surface area (Å²) >= 11 is 5.76. The molecule has 0 unspecified atom stereocenters. The fourth-order valence-corrected chi connectivity index (χ4v) is 1.44. The lowest BCUT2D eigenvalue weighted by molar-refractivity contribution is -0.147. The lowest BCUT2D eigenvalue weighted by atomic mass is 10.0. The molecule has 0 saturated carbocycles. The van der Waals surface area contributed by atoms with Crippen LogP contribution in [0.4, 0.5) is 0 Å². The predicted octanol–water partition coefficient (Wildman–Crippen LogP) is 2.76. The van der Waals surface area contributed by atoms with Gasteiger partial charge >= 0.3 is 5.97 Å². The third-order valence-electron chi connectivity index (χ3n) is 2.82. The Morgan fingerprint density at radius 3 is 2.53 bits per heavy atom. The van der Waals surface area contributed by atoms with Gasteiger partial charge in [-0.05, 0) is 23.6 Å². The molecule has 0 amide bonds. The molecule has 3 nitrogen and oxygen atoms in total. The van der Waals surface area contributed by atoms with E-state index in [1.807, 2.05) is 26.0 Å². The summed E-state index contributed by atoms with van der Waals surface area (Å²) in [5.41, 5.74) is 6.67. The minimum absolute atomic E-state index is 0.132. The van der Waals surface area contributed by atoms with Gasteiger partial charge in [0.25, 0.3) is 0 Å². The van der Waals surface area contributed by atoms with Crippen LogP contribution in [0.1, 0.15) is 25.8 Å². The number of benzene rings is 1. The Balaban J connectivity index is 2.45. The molecule has 0 spiro atoms. The van der Waals surface area contributed by atoms with Crippen LogP contribution in [0.15, 0.2) is 24.3 Å². The summed E-state index contributed by atoms with van der Waals surface area (Å²) in [6, 6.07) is 6.63. The zero-order chi connectivity index (χ0) is 12.8. The molecule has 4 heteroatoms. The minimum atomic E-state index is -0.549. The largest absolute Gasteiger partial charge is 0.460 e. The molecule has 2 N–H and O–H groups in total. The summed E-state index contributed by atoms with van der Waals surface area (Å²) in [6.45, 7) is 4.17. The highest BCUT2D eigenvalue weighted by molar-refractivity contribution is 6.30. The maximum absolute atomic E-state index is 11.6. The van der Waals surface area contributed by atoms with Gasteiger partial charge in [0.15, 0.2) is 0 Å². The Morgan fingerprint density at radius 1 is 1.41 bits per heavy atom. The van der Waals surface area contributed by atoms with Gasteiger partial charge in [-0.1, -0.05) is 44.0 Å². The Hall–Kier alpha value is -1.06. The lowest BCUT2D eigenvalue weighted by Crippen LogP contribution is -2.37. The van der Waals surface area contributed by atoms with Crippen molar-refractivity contribution in [2.24, 2.45) is 11.7 Å². The van der Waals surface area contributed by atoms with Crippen LogP contribution in [0.3, 0.4) is 0 Å². The van der Waals surface area contributed by atoms with E-state index in [-0.39, 0.29) is 18.5 Å². The number of ether oxygens (including phenoxy) is 1. The molecule has 0 heterocycles. The van der Waals surface area contributed by atoms with Crippen molar-refractivity contribution in [1.82, 2.24) is 0 Å². The number of nitrogens with two attached hydrogens (primary N) is 1. The Kier molecular flexibility index (Phi) is 5.45. The van der Waals surface area contributed by atoms with Gasteiger partial charge in [-0.3, -0.25) is 4.79 Å². The van der Waals surface area contributed by atoms with E-state index in [2.05, 4.69) is 0 Å². The van der Waals surface area contributed by atoms with Gasteiger partial charge in [-0.2, -0.15) is 0 Å². The summed E-state index contributed by atoms with van der Waals surface area (Å²) in [5, 5.41) is 0.663. The van der Waals surface area contributed by atoms with Gasteiger partial charge < -0.3 is 10.5 Å². The molecule has 0 radical (unpaired) electrons. The van der Waals surface area contributed by atoms with Crippen LogP contribution in [0.5, 0.6) is 0 Å². The SMILES string of the molecule is CC[C@H](C)[C@H](N)C(=O)OCc1ccc(Cl)cc1. The first-order valence-electron chi connectivity index (χ1n) is 5.71. The van der Waals surface area contributed by atoms with Crippen molar-refractivity contribution in [3.05, 3.63) is 34.9 Å². The second kappa shape index (κ2) is 6.62. The fraction of sp³-hybridized carbons (Fsp3) is 0.462. The van der Waals surface area contributed by atoms with Crippen molar-refractivity contribution in [2.45, 2.75) is 32.9 Å². The second-order valence-corrected chi connectivity index (χ2v) is 4.58. The highest BCUT2D eigenvalue weighted by atomic mass is 35.5. The standard InChI is InChI=1S/C13H18ClNO2/c1-3-9(2)12(15)13(16)17-8-10-4-6-11(14)7-5-10/h4-7,9,12H,3,8,15H2,1-2H3/t9-,12-/m0/s1. The number of carbonyl (C=O) groups is 1. The van der Waals surface area contributed by atoms with Crippen molar-refractivity contribution in [3.8, 4) is 0 Å². The van der Waals surface area contributed by atoms with Crippen molar-refractivity contribution >= 4 is 17.6 Å². The number of halogens is 1. The number of hydrogen-bond donors (Lipinski definition) is 1. The molecule has 0 aromatic heterocycles. The quantitative estimate of drug-likeness (QED) is 0.823. The first-order valence-corrected chi connectivity index (χ1v) is 6.09. The second-order valence-electron chi connectivity index (χ2n) is 4.15. The van der Waals surface area contributed by atoms with E-state index in [0.717, 1.165) is 12.0 Å². The fourth-order valence-electron chi connectivity index (χ4n) is 1.32. The molecule has 0 aliphatic heterocycles. The third-order valence-corrected chi connectivity index (χ3v) is 3.08. The number of carbonyl (C=O) groups excluding carboxylic acids is 1. The monoisotopic (exact) mass is 255 g/mol. The maximum atomic E-state index is 11.6. The minimum Gasteiger partial charge on any atom is -0.460 e. The smallest absolute Gasteiger partial charge is 0.323 e. The molecular weight excluding hydrogens is 238 g/mol. The van der Waals surface area contributed by atoms with Crippen LogP contribution in [-0.4, -0.2) is 12.0 Å². The maximum Gasteiger partial charge on any atom is 0.323 e. The molecule has 0 saturated heterocycles. The summed E-state index contributed by atoms with van der Waals surface area (Å²) in [6.07, 6.45) is 0.858. The van der Waals surface area contributed by atoms with Gasteiger partial charge in [0.1, 0.15) is 12.6 Å². The molecule has 1 aromatic rings. The molecule has 0 aliphatic rings. The van der Waals surface area contributed by atoms with Crippen molar-refractivity contribution in [2.75, 3.05) is 0 Å². The van der Waals surface area contributed by atoms with Crippen molar-refractivity contribution in [3.63, 3.8) is 0 Å². The van der Waals surface area contributed by atoms with E-state index in [0.29, 0.717) is 5.02 Å². The average molecular weight is 256 g/mol. The van der Waals surface area contributed by atoms with E-state index in [9.17, 15) is 4.79 Å². The highest BCUT2D eigenvalue weighted by Crippen LogP contribution is 2.12. The van der Waals surface area contributed by atoms with E-state index in [1.54, 1.807) is 12.1 Å². The Morgan fingerprint density at radius 2 is 2.00 bits per heavy atom. The van der Waals surface area contributed by atoms with E-state index >= 15 is 0 Å². The molecule has 2 atom stereocenters. The summed E-state index contributed by atoms with van der Waals surface area (Å²) in [4.78, 5) is 11.6. The zero-order valence-corrected chi connectivity index (χ0v) is 10.9. The van der Waals surface area contributed by atoms with E-state index in [1.165, 1.54) is 0 Å². The molecule has 0 bridgehead atoms. The third kappa shape index (κ3) is 4.36. The van der Waals surface area contributed by atoms with Crippen LogP contribution >= 0.6 is 11.6 Å². The molecule has 1 rings (SSSR count). The molecule has 0 fully saturated rings. The summed E-state index contributed by atoms with van der Waals surface area (Å²) in [5.74, 6) is -0.220. The summed E-state index contributed by atoms with van der Waals surface area (Å²) in [7, 11) is 0. The first kappa shape index (κ1) is 14.0.